The number of nitrogens with one attached hydrogen (secondary N) is 1. The maximum atomic E-state index is 13.3. The molecule has 156 valence electrons. The summed E-state index contributed by atoms with van der Waals surface area (Å²) in [5, 5.41) is 2.89. The molecule has 0 bridgehead atoms. The number of hydrogen-bond acceptors (Lipinski definition) is 4. The van der Waals surface area contributed by atoms with Crippen molar-refractivity contribution in [3.63, 3.8) is 0 Å². The normalized spacial score (nSPS) is 10.8. The lowest BCUT2D eigenvalue weighted by molar-refractivity contribution is 0.102. The van der Waals surface area contributed by atoms with E-state index < -0.39 is 0 Å². The SMILES string of the molecule is CCc1ccc(NC(=O)c2c(N)c(C(=O)c3ccc(OC)cc3)n3ccccc23)cc1. The molecular weight excluding hydrogens is 390 g/mol. The number of pyridine rings is 1. The number of hydrogen-bond donors (Lipinski definition) is 2. The average Bonchev–Trinajstić information content (AvgIpc) is 3.11. The van der Waals surface area contributed by atoms with E-state index in [1.54, 1.807) is 54.1 Å². The standard InChI is InChI=1S/C25H23N3O3/c1-3-16-7-11-18(12-8-16)27-25(30)21-20-6-4-5-15-28(20)23(22(21)26)24(29)17-9-13-19(31-2)14-10-17/h4-15H,3,26H2,1-2H3,(H,27,30). The molecule has 2 aromatic carbocycles. The zero-order valence-electron chi connectivity index (χ0n) is 17.4. The van der Waals surface area contributed by atoms with Gasteiger partial charge in [-0.1, -0.05) is 25.1 Å². The van der Waals surface area contributed by atoms with Crippen LogP contribution in [0.4, 0.5) is 11.4 Å². The fraction of sp³-hybridized carbons (Fsp3) is 0.120. The summed E-state index contributed by atoms with van der Waals surface area (Å²) in [4.78, 5) is 26.4. The van der Waals surface area contributed by atoms with Gasteiger partial charge in [-0.15, -0.1) is 0 Å². The Bertz CT molecular complexity index is 1260. The third-order valence-corrected chi connectivity index (χ3v) is 5.30. The third-order valence-electron chi connectivity index (χ3n) is 5.30. The number of aryl methyl sites for hydroxylation is 1. The summed E-state index contributed by atoms with van der Waals surface area (Å²) in [6.45, 7) is 2.07. The highest BCUT2D eigenvalue weighted by Gasteiger charge is 2.26. The van der Waals surface area contributed by atoms with Crippen LogP contribution in [0.2, 0.25) is 0 Å². The lowest BCUT2D eigenvalue weighted by atomic mass is 10.1. The number of aromatic nitrogens is 1. The van der Waals surface area contributed by atoms with Gasteiger partial charge < -0.3 is 20.2 Å². The first-order chi connectivity index (χ1) is 15.0. The number of benzene rings is 2. The van der Waals surface area contributed by atoms with Gasteiger partial charge in [-0.05, 0) is 60.5 Å². The molecule has 2 heterocycles. The number of fused-ring (bicyclic) bond motifs is 1. The predicted octanol–water partition coefficient (Wildman–Crippen LogP) is 4.58. The average molecular weight is 413 g/mol. The summed E-state index contributed by atoms with van der Waals surface area (Å²) in [6.07, 6.45) is 2.65. The van der Waals surface area contributed by atoms with E-state index >= 15 is 0 Å². The van der Waals surface area contributed by atoms with Crippen molar-refractivity contribution in [3.05, 3.63) is 95.3 Å². The Morgan fingerprint density at radius 3 is 2.35 bits per heavy atom. The molecular formula is C25H23N3O3. The van der Waals surface area contributed by atoms with E-state index in [4.69, 9.17) is 10.5 Å². The lowest BCUT2D eigenvalue weighted by Gasteiger charge is -2.07. The van der Waals surface area contributed by atoms with Crippen LogP contribution in [0, 0.1) is 0 Å². The molecule has 0 aliphatic rings. The Hall–Kier alpha value is -4.06. The maximum absolute atomic E-state index is 13.3. The molecule has 0 spiro atoms. The first kappa shape index (κ1) is 20.2. The Labute approximate surface area is 180 Å². The summed E-state index contributed by atoms with van der Waals surface area (Å²) < 4.78 is 6.82. The highest BCUT2D eigenvalue weighted by atomic mass is 16.5. The second kappa shape index (κ2) is 8.36. The van der Waals surface area contributed by atoms with Crippen LogP contribution >= 0.6 is 0 Å². The number of methoxy groups -OCH3 is 1. The smallest absolute Gasteiger partial charge is 0.259 e. The van der Waals surface area contributed by atoms with Crippen LogP contribution < -0.4 is 15.8 Å². The molecule has 0 saturated carbocycles. The Morgan fingerprint density at radius 2 is 1.71 bits per heavy atom. The summed E-state index contributed by atoms with van der Waals surface area (Å²) >= 11 is 0. The fourth-order valence-corrected chi connectivity index (χ4v) is 3.59. The predicted molar refractivity (Wildman–Crippen MR) is 122 cm³/mol. The Kier molecular flexibility index (Phi) is 5.45. The van der Waals surface area contributed by atoms with Gasteiger partial charge in [-0.25, -0.2) is 0 Å². The van der Waals surface area contributed by atoms with E-state index in [-0.39, 0.29) is 28.6 Å². The second-order valence-electron chi connectivity index (χ2n) is 7.16. The number of nitrogens with zero attached hydrogens (tertiary/aromatic N) is 1. The van der Waals surface area contributed by atoms with Gasteiger partial charge in [0.05, 0.1) is 23.9 Å². The topological polar surface area (TPSA) is 85.8 Å². The van der Waals surface area contributed by atoms with Gasteiger partial charge >= 0.3 is 0 Å². The highest BCUT2D eigenvalue weighted by molar-refractivity contribution is 6.20. The largest absolute Gasteiger partial charge is 0.497 e. The van der Waals surface area contributed by atoms with Crippen LogP contribution in [0.3, 0.4) is 0 Å². The highest BCUT2D eigenvalue weighted by Crippen LogP contribution is 2.29. The summed E-state index contributed by atoms with van der Waals surface area (Å²) in [6, 6.07) is 19.8. The number of carbonyl (C=O) groups excluding carboxylic acids is 2. The molecule has 0 atom stereocenters. The molecule has 4 rings (SSSR count). The van der Waals surface area contributed by atoms with Gasteiger partial charge in [0.2, 0.25) is 5.78 Å². The van der Waals surface area contributed by atoms with Crippen molar-refractivity contribution in [1.82, 2.24) is 4.40 Å². The molecule has 0 aliphatic heterocycles. The van der Waals surface area contributed by atoms with Gasteiger partial charge in [0, 0.05) is 17.4 Å². The van der Waals surface area contributed by atoms with Crippen molar-refractivity contribution in [2.45, 2.75) is 13.3 Å². The van der Waals surface area contributed by atoms with Crippen LogP contribution in [-0.2, 0) is 6.42 Å². The van der Waals surface area contributed by atoms with Crippen molar-refractivity contribution in [1.29, 1.82) is 0 Å². The van der Waals surface area contributed by atoms with Crippen LogP contribution in [-0.4, -0.2) is 23.2 Å². The van der Waals surface area contributed by atoms with Gasteiger partial charge in [-0.2, -0.15) is 0 Å². The van der Waals surface area contributed by atoms with E-state index in [2.05, 4.69) is 12.2 Å². The zero-order valence-corrected chi connectivity index (χ0v) is 17.4. The number of rotatable bonds is 6. The maximum Gasteiger partial charge on any atom is 0.259 e. The number of anilines is 2. The molecule has 0 aliphatic carbocycles. The first-order valence-corrected chi connectivity index (χ1v) is 10.0. The quantitative estimate of drug-likeness (QED) is 0.453. The number of carbonyl (C=O) groups is 2. The molecule has 3 N–H and O–H groups in total. The third kappa shape index (κ3) is 3.75. The summed E-state index contributed by atoms with van der Waals surface area (Å²) in [5.74, 6) is 0.0191. The lowest BCUT2D eigenvalue weighted by Crippen LogP contribution is -2.14. The number of nitrogen functional groups attached to an aromatic ring is 1. The van der Waals surface area contributed by atoms with E-state index in [0.29, 0.717) is 22.5 Å². The minimum atomic E-state index is -0.362. The summed E-state index contributed by atoms with van der Waals surface area (Å²) in [7, 11) is 1.57. The number of ketones is 1. The number of ether oxygens (including phenoxy) is 1. The fourth-order valence-electron chi connectivity index (χ4n) is 3.59. The molecule has 6 nitrogen and oxygen atoms in total. The minimum Gasteiger partial charge on any atom is -0.497 e. The van der Waals surface area contributed by atoms with Crippen LogP contribution in [0.25, 0.3) is 5.52 Å². The number of amides is 1. The van der Waals surface area contributed by atoms with Crippen molar-refractivity contribution in [2.75, 3.05) is 18.2 Å². The first-order valence-electron chi connectivity index (χ1n) is 10.0. The molecule has 0 fully saturated rings. The van der Waals surface area contributed by atoms with Gasteiger partial charge in [0.15, 0.2) is 0 Å². The minimum absolute atomic E-state index is 0.148. The monoisotopic (exact) mass is 413 g/mol. The van der Waals surface area contributed by atoms with E-state index in [9.17, 15) is 9.59 Å². The van der Waals surface area contributed by atoms with E-state index in [1.165, 1.54) is 5.56 Å². The molecule has 0 saturated heterocycles. The number of nitrogens with two attached hydrogens (primary N) is 1. The molecule has 1 amide bonds. The second-order valence-corrected chi connectivity index (χ2v) is 7.16. The molecule has 0 radical (unpaired) electrons. The van der Waals surface area contributed by atoms with Crippen LogP contribution in [0.5, 0.6) is 5.75 Å². The van der Waals surface area contributed by atoms with Crippen molar-refractivity contribution in [2.24, 2.45) is 0 Å². The van der Waals surface area contributed by atoms with Crippen molar-refractivity contribution < 1.29 is 14.3 Å². The molecule has 31 heavy (non-hydrogen) atoms. The zero-order chi connectivity index (χ0) is 22.0. The molecule has 2 aromatic heterocycles. The van der Waals surface area contributed by atoms with Gasteiger partial charge in [0.1, 0.15) is 11.4 Å². The van der Waals surface area contributed by atoms with Crippen LogP contribution in [0.1, 0.15) is 38.9 Å². The molecule has 6 heteroatoms. The van der Waals surface area contributed by atoms with Crippen molar-refractivity contribution in [3.8, 4) is 5.75 Å². The van der Waals surface area contributed by atoms with E-state index in [0.717, 1.165) is 6.42 Å². The Morgan fingerprint density at radius 1 is 1.00 bits per heavy atom. The van der Waals surface area contributed by atoms with E-state index in [1.807, 2.05) is 30.3 Å². The van der Waals surface area contributed by atoms with Crippen LogP contribution in [0.15, 0.2) is 72.9 Å². The summed E-state index contributed by atoms with van der Waals surface area (Å²) in [5.41, 5.74) is 9.93. The molecule has 0 unspecified atom stereocenters. The van der Waals surface area contributed by atoms with Gasteiger partial charge in [0.25, 0.3) is 5.91 Å². The van der Waals surface area contributed by atoms with Crippen molar-refractivity contribution >= 4 is 28.6 Å². The van der Waals surface area contributed by atoms with Gasteiger partial charge in [-0.3, -0.25) is 9.59 Å². The Balaban J connectivity index is 1.75. The molecule has 4 aromatic rings.